The third-order valence-corrected chi connectivity index (χ3v) is 3.94. The zero-order valence-electron chi connectivity index (χ0n) is 7.68. The third-order valence-electron chi connectivity index (χ3n) is 1.84. The van der Waals surface area contributed by atoms with E-state index in [4.69, 9.17) is 0 Å². The van der Waals surface area contributed by atoms with Crippen molar-refractivity contribution in [1.82, 2.24) is 9.97 Å². The van der Waals surface area contributed by atoms with Crippen molar-refractivity contribution in [2.45, 2.75) is 5.32 Å². The van der Waals surface area contributed by atoms with Crippen LogP contribution in [-0.2, 0) is 0 Å². The van der Waals surface area contributed by atoms with Crippen LogP contribution in [0, 0.1) is 0 Å². The Bertz CT molecular complexity index is 448. The molecule has 0 aliphatic heterocycles. The van der Waals surface area contributed by atoms with Crippen LogP contribution < -0.4 is 4.59 Å². The molecule has 2 rings (SSSR count). The number of nitrogens with zero attached hydrogens (tertiary/aromatic N) is 2. The van der Waals surface area contributed by atoms with Crippen LogP contribution in [0.3, 0.4) is 0 Å². The number of rotatable bonds is 3. The fourth-order valence-corrected chi connectivity index (χ4v) is 2.76. The molecule has 0 atom stereocenters. The van der Waals surface area contributed by atoms with E-state index in [1.54, 1.807) is 6.33 Å². The summed E-state index contributed by atoms with van der Waals surface area (Å²) < 4.78 is 1.17. The van der Waals surface area contributed by atoms with E-state index < -0.39 is 0 Å². The molecular weight excluding hydrogens is 239 g/mol. The molecule has 0 radical (unpaired) electrons. The Kier molecular flexibility index (Phi) is 2.92. The molecule has 0 amide bonds. The predicted molar refractivity (Wildman–Crippen MR) is 59.9 cm³/mol. The maximum absolute atomic E-state index is 4.31. The molecule has 0 saturated heterocycles. The average molecular weight is 249 g/mol. The van der Waals surface area contributed by atoms with E-state index in [1.165, 1.54) is 9.98 Å². The standard InChI is InChI=1S/C11H10N2Se/c1-2-7-14-11-9-5-3-4-6-10(9)12-8-13-11/h2-6,8H,1,7H2. The summed E-state index contributed by atoms with van der Waals surface area (Å²) in [5.74, 6) is 0. The molecule has 0 fully saturated rings. The third kappa shape index (κ3) is 1.84. The van der Waals surface area contributed by atoms with Crippen molar-refractivity contribution < 1.29 is 0 Å². The van der Waals surface area contributed by atoms with Crippen LogP contribution in [0.15, 0.2) is 43.2 Å². The van der Waals surface area contributed by atoms with Gasteiger partial charge in [-0.15, -0.1) is 0 Å². The molecule has 1 aromatic heterocycles. The Balaban J connectivity index is 2.48. The van der Waals surface area contributed by atoms with E-state index >= 15 is 0 Å². The van der Waals surface area contributed by atoms with Gasteiger partial charge in [0, 0.05) is 0 Å². The summed E-state index contributed by atoms with van der Waals surface area (Å²) in [7, 11) is 0. The molecule has 2 aromatic rings. The molecule has 70 valence electrons. The topological polar surface area (TPSA) is 25.8 Å². The van der Waals surface area contributed by atoms with Gasteiger partial charge in [0.2, 0.25) is 0 Å². The summed E-state index contributed by atoms with van der Waals surface area (Å²) in [6.07, 6.45) is 3.58. The first-order chi connectivity index (χ1) is 6.92. The predicted octanol–water partition coefficient (Wildman–Crippen LogP) is 1.56. The van der Waals surface area contributed by atoms with Crippen molar-refractivity contribution in [3.63, 3.8) is 0 Å². The second-order valence-corrected chi connectivity index (χ2v) is 4.91. The SMILES string of the molecule is C=CC[Se]c1ncnc2ccccc12. The van der Waals surface area contributed by atoms with Crippen LogP contribution in [0.4, 0.5) is 0 Å². The van der Waals surface area contributed by atoms with Gasteiger partial charge >= 0.3 is 89.0 Å². The second kappa shape index (κ2) is 4.36. The number of aromatic nitrogens is 2. The minimum atomic E-state index is 0.379. The first-order valence-electron chi connectivity index (χ1n) is 4.35. The molecule has 3 heteroatoms. The van der Waals surface area contributed by atoms with Gasteiger partial charge in [0.25, 0.3) is 0 Å². The summed E-state index contributed by atoms with van der Waals surface area (Å²) in [4.78, 5) is 8.54. The Morgan fingerprint density at radius 2 is 2.14 bits per heavy atom. The fourth-order valence-electron chi connectivity index (χ4n) is 1.23. The monoisotopic (exact) mass is 250 g/mol. The minimum absolute atomic E-state index is 0.379. The van der Waals surface area contributed by atoms with Gasteiger partial charge in [-0.3, -0.25) is 0 Å². The van der Waals surface area contributed by atoms with Gasteiger partial charge in [0.05, 0.1) is 0 Å². The molecule has 0 saturated carbocycles. The van der Waals surface area contributed by atoms with Crippen molar-refractivity contribution in [2.75, 3.05) is 0 Å². The van der Waals surface area contributed by atoms with Gasteiger partial charge in [-0.25, -0.2) is 0 Å². The van der Waals surface area contributed by atoms with E-state index in [9.17, 15) is 0 Å². The Hall–Kier alpha value is -1.18. The quantitative estimate of drug-likeness (QED) is 0.609. The van der Waals surface area contributed by atoms with Crippen LogP contribution >= 0.6 is 0 Å². The van der Waals surface area contributed by atoms with Crippen LogP contribution in [0.5, 0.6) is 0 Å². The number of fused-ring (bicyclic) bond motifs is 1. The molecule has 0 N–H and O–H groups in total. The maximum atomic E-state index is 4.31. The van der Waals surface area contributed by atoms with Crippen molar-refractivity contribution in [2.24, 2.45) is 0 Å². The molecule has 0 aliphatic carbocycles. The summed E-state index contributed by atoms with van der Waals surface area (Å²) in [6.45, 7) is 3.73. The molecule has 0 spiro atoms. The molecule has 0 bridgehead atoms. The van der Waals surface area contributed by atoms with Crippen molar-refractivity contribution in [1.29, 1.82) is 0 Å². The number of benzene rings is 1. The van der Waals surface area contributed by atoms with E-state index in [0.29, 0.717) is 15.0 Å². The van der Waals surface area contributed by atoms with Crippen LogP contribution in [-0.4, -0.2) is 24.9 Å². The summed E-state index contributed by atoms with van der Waals surface area (Å²) in [5.41, 5.74) is 1.03. The van der Waals surface area contributed by atoms with Gasteiger partial charge in [-0.05, 0) is 0 Å². The van der Waals surface area contributed by atoms with Gasteiger partial charge in [0.15, 0.2) is 0 Å². The fraction of sp³-hybridized carbons (Fsp3) is 0.0909. The zero-order chi connectivity index (χ0) is 9.80. The molecule has 14 heavy (non-hydrogen) atoms. The van der Waals surface area contributed by atoms with E-state index in [1.807, 2.05) is 24.3 Å². The summed E-state index contributed by atoms with van der Waals surface area (Å²) in [5, 5.41) is 2.20. The first-order valence-corrected chi connectivity index (χ1v) is 6.42. The zero-order valence-corrected chi connectivity index (χ0v) is 9.39. The van der Waals surface area contributed by atoms with Gasteiger partial charge in [0.1, 0.15) is 0 Å². The number of allylic oxidation sites excluding steroid dienone is 1. The molecule has 1 aromatic carbocycles. The summed E-state index contributed by atoms with van der Waals surface area (Å²) in [6, 6.07) is 8.12. The normalized spacial score (nSPS) is 10.3. The van der Waals surface area contributed by atoms with Crippen LogP contribution in [0.25, 0.3) is 10.9 Å². The first kappa shape index (κ1) is 9.38. The van der Waals surface area contributed by atoms with E-state index in [2.05, 4.69) is 22.6 Å². The summed E-state index contributed by atoms with van der Waals surface area (Å²) >= 11 is 0.379. The van der Waals surface area contributed by atoms with Crippen molar-refractivity contribution in [3.8, 4) is 0 Å². The van der Waals surface area contributed by atoms with Gasteiger partial charge in [-0.2, -0.15) is 0 Å². The molecule has 0 unspecified atom stereocenters. The Morgan fingerprint density at radius 3 is 3.00 bits per heavy atom. The average Bonchev–Trinajstić information content (AvgIpc) is 2.26. The van der Waals surface area contributed by atoms with E-state index in [0.717, 1.165) is 10.8 Å². The number of para-hydroxylation sites is 1. The molecular formula is C11H10N2Se. The molecule has 1 heterocycles. The number of hydrogen-bond acceptors (Lipinski definition) is 2. The van der Waals surface area contributed by atoms with Crippen LogP contribution in [0.1, 0.15) is 0 Å². The Morgan fingerprint density at radius 1 is 1.29 bits per heavy atom. The van der Waals surface area contributed by atoms with E-state index in [-0.39, 0.29) is 0 Å². The second-order valence-electron chi connectivity index (χ2n) is 2.80. The molecule has 0 aliphatic rings. The number of hydrogen-bond donors (Lipinski definition) is 0. The van der Waals surface area contributed by atoms with Crippen molar-refractivity contribution in [3.05, 3.63) is 43.2 Å². The Labute approximate surface area is 89.2 Å². The van der Waals surface area contributed by atoms with Gasteiger partial charge in [-0.1, -0.05) is 0 Å². The van der Waals surface area contributed by atoms with Crippen molar-refractivity contribution >= 4 is 30.5 Å². The van der Waals surface area contributed by atoms with Crippen LogP contribution in [0.2, 0.25) is 5.32 Å². The van der Waals surface area contributed by atoms with Gasteiger partial charge < -0.3 is 0 Å². The molecule has 2 nitrogen and oxygen atoms in total.